The van der Waals surface area contributed by atoms with E-state index in [0.717, 1.165) is 60.9 Å². The molecule has 4 aromatic rings. The molecule has 0 atom stereocenters. The standard InChI is InChI=1S/C36H38N8O/c1-37-16-18-41(23-37)27-10-9-11-28(20-27)45-36-22-34(43-25-39(3)29-12-5-7-14-31(29)43)33(42-19-17-38(2)24-42)21-35(36)44-26-40(4)30-13-6-8-15-32(30)44/h5-22H,23-26H2,1-4H3. The van der Waals surface area contributed by atoms with E-state index >= 15 is 0 Å². The third-order valence-corrected chi connectivity index (χ3v) is 8.95. The van der Waals surface area contributed by atoms with Gasteiger partial charge in [0.15, 0.2) is 5.75 Å². The van der Waals surface area contributed by atoms with Crippen molar-refractivity contribution >= 4 is 45.5 Å². The molecule has 4 aliphatic rings. The largest absolute Gasteiger partial charge is 0.455 e. The summed E-state index contributed by atoms with van der Waals surface area (Å²) in [4.78, 5) is 18.3. The topological polar surface area (TPSA) is 35.2 Å². The summed E-state index contributed by atoms with van der Waals surface area (Å²) in [7, 11) is 8.49. The summed E-state index contributed by atoms with van der Waals surface area (Å²) < 4.78 is 6.94. The number of anilines is 8. The number of ether oxygens (including phenoxy) is 1. The molecule has 0 amide bonds. The molecule has 0 bridgehead atoms. The highest BCUT2D eigenvalue weighted by molar-refractivity contribution is 5.93. The number of fused-ring (bicyclic) bond motifs is 2. The number of nitrogens with zero attached hydrogens (tertiary/aromatic N) is 8. The summed E-state index contributed by atoms with van der Waals surface area (Å²) >= 11 is 0. The first kappa shape index (κ1) is 27.1. The Hall–Kier alpha value is -5.44. The van der Waals surface area contributed by atoms with Crippen LogP contribution in [0.2, 0.25) is 0 Å². The minimum atomic E-state index is 0.727. The number of para-hydroxylation sites is 4. The first-order chi connectivity index (χ1) is 21.9. The Morgan fingerprint density at radius 2 is 1.04 bits per heavy atom. The summed E-state index contributed by atoms with van der Waals surface area (Å²) in [6.07, 6.45) is 8.50. The van der Waals surface area contributed by atoms with Crippen LogP contribution >= 0.6 is 0 Å². The normalized spacial score (nSPS) is 16.9. The maximum atomic E-state index is 6.94. The van der Waals surface area contributed by atoms with Gasteiger partial charge in [0.2, 0.25) is 0 Å². The second-order valence-corrected chi connectivity index (χ2v) is 12.3. The number of hydrogen-bond donors (Lipinski definition) is 0. The van der Waals surface area contributed by atoms with Crippen LogP contribution < -0.4 is 34.1 Å². The number of benzene rings is 4. The van der Waals surface area contributed by atoms with E-state index < -0.39 is 0 Å². The van der Waals surface area contributed by atoms with Crippen LogP contribution in [0, 0.1) is 0 Å². The molecule has 8 rings (SSSR count). The maximum Gasteiger partial charge on any atom is 0.153 e. The van der Waals surface area contributed by atoms with Gasteiger partial charge in [0.1, 0.15) is 5.75 Å². The van der Waals surface area contributed by atoms with E-state index in [4.69, 9.17) is 4.74 Å². The highest BCUT2D eigenvalue weighted by atomic mass is 16.5. The highest BCUT2D eigenvalue weighted by Gasteiger charge is 2.32. The van der Waals surface area contributed by atoms with Crippen LogP contribution in [0.25, 0.3) is 0 Å². The molecule has 9 heteroatoms. The minimum Gasteiger partial charge on any atom is -0.455 e. The van der Waals surface area contributed by atoms with Crippen molar-refractivity contribution in [1.82, 2.24) is 9.80 Å². The fourth-order valence-electron chi connectivity index (χ4n) is 6.69. The van der Waals surface area contributed by atoms with Gasteiger partial charge in [0.25, 0.3) is 0 Å². The monoisotopic (exact) mass is 598 g/mol. The zero-order valence-electron chi connectivity index (χ0n) is 26.2. The first-order valence-electron chi connectivity index (χ1n) is 15.3. The van der Waals surface area contributed by atoms with E-state index in [9.17, 15) is 0 Å². The Labute approximate surface area is 265 Å². The van der Waals surface area contributed by atoms with Crippen LogP contribution in [0.3, 0.4) is 0 Å². The third-order valence-electron chi connectivity index (χ3n) is 8.95. The van der Waals surface area contributed by atoms with Gasteiger partial charge in [-0.3, -0.25) is 0 Å². The van der Waals surface area contributed by atoms with E-state index in [1.807, 2.05) is 6.07 Å². The van der Waals surface area contributed by atoms with E-state index in [1.54, 1.807) is 0 Å². The molecule has 0 N–H and O–H groups in total. The maximum absolute atomic E-state index is 6.94. The molecule has 0 spiro atoms. The van der Waals surface area contributed by atoms with E-state index in [2.05, 4.69) is 171 Å². The zero-order valence-corrected chi connectivity index (χ0v) is 26.2. The van der Waals surface area contributed by atoms with Crippen LogP contribution in [-0.4, -0.2) is 64.7 Å². The molecule has 0 aliphatic carbocycles. The molecule has 9 nitrogen and oxygen atoms in total. The molecule has 0 saturated carbocycles. The fraction of sp³-hybridized carbons (Fsp3) is 0.222. The molecular weight excluding hydrogens is 560 g/mol. The van der Waals surface area contributed by atoms with Crippen molar-refractivity contribution in [3.8, 4) is 11.5 Å². The van der Waals surface area contributed by atoms with Crippen LogP contribution in [0.15, 0.2) is 110 Å². The van der Waals surface area contributed by atoms with E-state index in [-0.39, 0.29) is 0 Å². The van der Waals surface area contributed by atoms with Crippen molar-refractivity contribution in [2.45, 2.75) is 0 Å². The molecule has 4 heterocycles. The van der Waals surface area contributed by atoms with Crippen molar-refractivity contribution < 1.29 is 4.74 Å². The molecule has 4 aliphatic heterocycles. The van der Waals surface area contributed by atoms with Gasteiger partial charge in [-0.25, -0.2) is 0 Å². The molecule has 0 radical (unpaired) electrons. The van der Waals surface area contributed by atoms with Gasteiger partial charge in [0.05, 0.1) is 66.5 Å². The lowest BCUT2D eigenvalue weighted by Crippen LogP contribution is -2.28. The van der Waals surface area contributed by atoms with Crippen molar-refractivity contribution in [1.29, 1.82) is 0 Å². The Morgan fingerprint density at radius 3 is 1.64 bits per heavy atom. The Balaban J connectivity index is 1.29. The molecule has 45 heavy (non-hydrogen) atoms. The van der Waals surface area contributed by atoms with Crippen LogP contribution in [0.4, 0.5) is 45.5 Å². The predicted octanol–water partition coefficient (Wildman–Crippen LogP) is 6.93. The number of rotatable bonds is 6. The Bertz CT molecular complexity index is 1820. The fourth-order valence-corrected chi connectivity index (χ4v) is 6.69. The quantitative estimate of drug-likeness (QED) is 0.235. The smallest absolute Gasteiger partial charge is 0.153 e. The molecule has 0 aromatic heterocycles. The lowest BCUT2D eigenvalue weighted by atomic mass is 10.1. The van der Waals surface area contributed by atoms with Gasteiger partial charge in [-0.1, -0.05) is 30.3 Å². The van der Waals surface area contributed by atoms with Crippen LogP contribution in [0.1, 0.15) is 0 Å². The van der Waals surface area contributed by atoms with Gasteiger partial charge in [-0.15, -0.1) is 0 Å². The van der Waals surface area contributed by atoms with Gasteiger partial charge >= 0.3 is 0 Å². The number of hydrogen-bond acceptors (Lipinski definition) is 9. The van der Waals surface area contributed by atoms with Crippen molar-refractivity contribution in [2.24, 2.45) is 0 Å². The molecule has 4 aromatic carbocycles. The molecule has 0 fully saturated rings. The Morgan fingerprint density at radius 1 is 0.467 bits per heavy atom. The molecular formula is C36H38N8O. The summed E-state index contributed by atoms with van der Waals surface area (Å²) in [5.41, 5.74) is 9.14. The third kappa shape index (κ3) is 4.71. The molecule has 228 valence electrons. The van der Waals surface area contributed by atoms with Crippen LogP contribution in [0.5, 0.6) is 11.5 Å². The molecule has 0 saturated heterocycles. The minimum absolute atomic E-state index is 0.727. The highest BCUT2D eigenvalue weighted by Crippen LogP contribution is 2.51. The Kier molecular flexibility index (Phi) is 6.41. The van der Waals surface area contributed by atoms with Crippen LogP contribution in [-0.2, 0) is 0 Å². The van der Waals surface area contributed by atoms with Crippen molar-refractivity contribution in [2.75, 3.05) is 84.3 Å². The average Bonchev–Trinajstić information content (AvgIpc) is 3.84. The van der Waals surface area contributed by atoms with E-state index in [0.29, 0.717) is 0 Å². The average molecular weight is 599 g/mol. The zero-order chi connectivity index (χ0) is 30.7. The van der Waals surface area contributed by atoms with Gasteiger partial charge in [0, 0.05) is 70.8 Å². The second kappa shape index (κ2) is 10.6. The predicted molar refractivity (Wildman–Crippen MR) is 185 cm³/mol. The first-order valence-corrected chi connectivity index (χ1v) is 15.3. The summed E-state index contributed by atoms with van der Waals surface area (Å²) in [5.74, 6) is 1.62. The van der Waals surface area contributed by atoms with Gasteiger partial charge in [-0.2, -0.15) is 0 Å². The van der Waals surface area contributed by atoms with E-state index in [1.165, 1.54) is 22.7 Å². The molecule has 0 unspecified atom stereocenters. The van der Waals surface area contributed by atoms with Gasteiger partial charge < -0.3 is 43.9 Å². The summed E-state index contributed by atoms with van der Waals surface area (Å²) in [5, 5.41) is 0. The summed E-state index contributed by atoms with van der Waals surface area (Å²) in [6, 6.07) is 30.1. The summed E-state index contributed by atoms with van der Waals surface area (Å²) in [6.45, 7) is 3.06. The SMILES string of the molecule is CN1C=CN(c2cccc(Oc3cc(N4CN(C)c5ccccc54)c(N4C=CN(C)C4)cc3N3CN(C)c4ccccc43)c2)C1. The van der Waals surface area contributed by atoms with Gasteiger partial charge in [-0.05, 0) is 42.5 Å². The second-order valence-electron chi connectivity index (χ2n) is 12.3. The van der Waals surface area contributed by atoms with Crippen molar-refractivity contribution in [3.05, 3.63) is 110 Å². The lowest BCUT2D eigenvalue weighted by molar-refractivity contribution is 0.480. The lowest BCUT2D eigenvalue weighted by Gasteiger charge is -2.31. The van der Waals surface area contributed by atoms with Crippen molar-refractivity contribution in [3.63, 3.8) is 0 Å².